The third-order valence-electron chi connectivity index (χ3n) is 3.05. The standard InChI is InChI=1S/C14H14N8O2/c1-21-8-11(7-15-21)14(24)18-16-12(23)9-22-19-13(17-20-22)10-5-3-2-4-6-10/h2-8H,9H2,1H3,(H,16,23)(H,18,24). The number of aromatic nitrogens is 6. The number of amides is 2. The van der Waals surface area contributed by atoms with Crippen LogP contribution in [0.25, 0.3) is 11.4 Å². The third-order valence-corrected chi connectivity index (χ3v) is 3.05. The summed E-state index contributed by atoms with van der Waals surface area (Å²) in [6, 6.07) is 9.28. The number of rotatable bonds is 4. The first-order chi connectivity index (χ1) is 11.6. The number of benzene rings is 1. The van der Waals surface area contributed by atoms with Crippen LogP contribution in [0.2, 0.25) is 0 Å². The molecule has 0 spiro atoms. The average molecular weight is 326 g/mol. The molecular formula is C14H14N8O2. The lowest BCUT2D eigenvalue weighted by Crippen LogP contribution is -2.43. The molecule has 10 heteroatoms. The zero-order valence-corrected chi connectivity index (χ0v) is 12.7. The lowest BCUT2D eigenvalue weighted by atomic mass is 10.2. The SMILES string of the molecule is Cn1cc(C(=O)NNC(=O)Cn2nnc(-c3ccccc3)n2)cn1. The summed E-state index contributed by atoms with van der Waals surface area (Å²) in [5, 5.41) is 15.7. The summed E-state index contributed by atoms with van der Waals surface area (Å²) in [5.74, 6) is -0.528. The lowest BCUT2D eigenvalue weighted by Gasteiger charge is -2.05. The Morgan fingerprint density at radius 3 is 2.67 bits per heavy atom. The van der Waals surface area contributed by atoms with E-state index >= 15 is 0 Å². The van der Waals surface area contributed by atoms with E-state index in [1.807, 2.05) is 30.3 Å². The number of hydrogen-bond donors (Lipinski definition) is 2. The minimum Gasteiger partial charge on any atom is -0.275 e. The Labute approximate surface area is 136 Å². The second-order valence-corrected chi connectivity index (χ2v) is 4.91. The van der Waals surface area contributed by atoms with Gasteiger partial charge in [0.2, 0.25) is 5.82 Å². The first kappa shape index (κ1) is 15.3. The number of tetrazole rings is 1. The molecule has 2 heterocycles. The highest BCUT2D eigenvalue weighted by atomic mass is 16.2. The second-order valence-electron chi connectivity index (χ2n) is 4.91. The average Bonchev–Trinajstić information content (AvgIpc) is 3.23. The van der Waals surface area contributed by atoms with Crippen molar-refractivity contribution in [2.24, 2.45) is 7.05 Å². The van der Waals surface area contributed by atoms with Gasteiger partial charge < -0.3 is 0 Å². The van der Waals surface area contributed by atoms with Crippen LogP contribution in [0.5, 0.6) is 0 Å². The lowest BCUT2D eigenvalue weighted by molar-refractivity contribution is -0.122. The fourth-order valence-electron chi connectivity index (χ4n) is 1.92. The van der Waals surface area contributed by atoms with Crippen molar-refractivity contribution in [1.29, 1.82) is 0 Å². The number of nitrogens with one attached hydrogen (secondary N) is 2. The predicted molar refractivity (Wildman–Crippen MR) is 82.1 cm³/mol. The highest BCUT2D eigenvalue weighted by Gasteiger charge is 2.11. The summed E-state index contributed by atoms with van der Waals surface area (Å²) in [4.78, 5) is 24.7. The number of hydrazine groups is 1. The summed E-state index contributed by atoms with van der Waals surface area (Å²) in [5.41, 5.74) is 5.71. The third kappa shape index (κ3) is 3.61. The number of carbonyl (C=O) groups is 2. The van der Waals surface area contributed by atoms with Gasteiger partial charge in [0.05, 0.1) is 11.8 Å². The van der Waals surface area contributed by atoms with Crippen LogP contribution in [-0.2, 0) is 18.4 Å². The highest BCUT2D eigenvalue weighted by molar-refractivity contribution is 5.94. The Morgan fingerprint density at radius 1 is 1.17 bits per heavy atom. The van der Waals surface area contributed by atoms with Crippen LogP contribution in [0.1, 0.15) is 10.4 Å². The fraction of sp³-hybridized carbons (Fsp3) is 0.143. The Kier molecular flexibility index (Phi) is 4.27. The zero-order chi connectivity index (χ0) is 16.9. The smallest absolute Gasteiger partial charge is 0.272 e. The molecule has 2 aromatic heterocycles. The topological polar surface area (TPSA) is 120 Å². The van der Waals surface area contributed by atoms with E-state index in [-0.39, 0.29) is 6.54 Å². The van der Waals surface area contributed by atoms with E-state index in [2.05, 4.69) is 31.4 Å². The van der Waals surface area contributed by atoms with Crippen molar-refractivity contribution < 1.29 is 9.59 Å². The first-order valence-corrected chi connectivity index (χ1v) is 7.03. The second kappa shape index (κ2) is 6.69. The maximum Gasteiger partial charge on any atom is 0.272 e. The molecule has 1 aromatic carbocycles. The zero-order valence-electron chi connectivity index (χ0n) is 12.7. The van der Waals surface area contributed by atoms with E-state index in [4.69, 9.17) is 0 Å². The van der Waals surface area contributed by atoms with Gasteiger partial charge in [-0.25, -0.2) is 0 Å². The summed E-state index contributed by atoms with van der Waals surface area (Å²) >= 11 is 0. The number of hydrogen-bond acceptors (Lipinski definition) is 6. The summed E-state index contributed by atoms with van der Waals surface area (Å²) < 4.78 is 1.49. The maximum absolute atomic E-state index is 11.8. The molecule has 0 fully saturated rings. The summed E-state index contributed by atoms with van der Waals surface area (Å²) in [6.07, 6.45) is 2.93. The molecule has 0 unspecified atom stereocenters. The molecule has 2 N–H and O–H groups in total. The van der Waals surface area contributed by atoms with Crippen molar-refractivity contribution in [2.45, 2.75) is 6.54 Å². The van der Waals surface area contributed by atoms with Gasteiger partial charge in [0.15, 0.2) is 0 Å². The van der Waals surface area contributed by atoms with Crippen LogP contribution in [0.15, 0.2) is 42.7 Å². The number of carbonyl (C=O) groups excluding carboxylic acids is 2. The Hall–Kier alpha value is -3.56. The van der Waals surface area contributed by atoms with Gasteiger partial charge in [-0.05, 0) is 5.21 Å². The minimum absolute atomic E-state index is 0.173. The Balaban J connectivity index is 1.54. The molecular weight excluding hydrogens is 312 g/mol. The highest BCUT2D eigenvalue weighted by Crippen LogP contribution is 2.11. The van der Waals surface area contributed by atoms with Gasteiger partial charge in [-0.2, -0.15) is 9.90 Å². The molecule has 24 heavy (non-hydrogen) atoms. The molecule has 0 saturated carbocycles. The van der Waals surface area contributed by atoms with Crippen LogP contribution in [0.3, 0.4) is 0 Å². The molecule has 3 aromatic rings. The minimum atomic E-state index is -0.482. The molecule has 0 aliphatic rings. The van der Waals surface area contributed by atoms with E-state index in [1.54, 1.807) is 7.05 Å². The van der Waals surface area contributed by atoms with Gasteiger partial charge in [-0.1, -0.05) is 30.3 Å². The summed E-state index contributed by atoms with van der Waals surface area (Å²) in [7, 11) is 1.69. The molecule has 0 aliphatic carbocycles. The molecule has 122 valence electrons. The predicted octanol–water partition coefficient (Wildman–Crippen LogP) is -0.465. The molecule has 0 bridgehead atoms. The van der Waals surface area contributed by atoms with E-state index in [0.717, 1.165) is 10.4 Å². The van der Waals surface area contributed by atoms with Gasteiger partial charge >= 0.3 is 0 Å². The van der Waals surface area contributed by atoms with Gasteiger partial charge in [0.1, 0.15) is 6.54 Å². The Morgan fingerprint density at radius 2 is 1.96 bits per heavy atom. The van der Waals surface area contributed by atoms with Crippen molar-refractivity contribution in [1.82, 2.24) is 40.8 Å². The number of nitrogens with zero attached hydrogens (tertiary/aromatic N) is 6. The largest absolute Gasteiger partial charge is 0.275 e. The van der Waals surface area contributed by atoms with Crippen molar-refractivity contribution in [2.75, 3.05) is 0 Å². The molecule has 3 rings (SSSR count). The van der Waals surface area contributed by atoms with Crippen LogP contribution in [-0.4, -0.2) is 41.8 Å². The fourth-order valence-corrected chi connectivity index (χ4v) is 1.92. The van der Waals surface area contributed by atoms with Gasteiger partial charge in [-0.3, -0.25) is 25.1 Å². The molecule has 10 nitrogen and oxygen atoms in total. The van der Waals surface area contributed by atoms with E-state index in [1.165, 1.54) is 17.1 Å². The van der Waals surface area contributed by atoms with Crippen LogP contribution >= 0.6 is 0 Å². The van der Waals surface area contributed by atoms with E-state index in [9.17, 15) is 9.59 Å². The van der Waals surface area contributed by atoms with Crippen LogP contribution < -0.4 is 10.9 Å². The summed E-state index contributed by atoms with van der Waals surface area (Å²) in [6.45, 7) is -0.173. The van der Waals surface area contributed by atoms with Crippen LogP contribution in [0, 0.1) is 0 Å². The normalized spacial score (nSPS) is 10.4. The molecule has 0 atom stereocenters. The van der Waals surface area contributed by atoms with Gasteiger partial charge in [0.25, 0.3) is 11.8 Å². The quantitative estimate of drug-likeness (QED) is 0.626. The molecule has 0 saturated heterocycles. The van der Waals surface area contributed by atoms with Crippen LogP contribution in [0.4, 0.5) is 0 Å². The van der Waals surface area contributed by atoms with Gasteiger partial charge in [-0.15, -0.1) is 10.2 Å². The first-order valence-electron chi connectivity index (χ1n) is 7.03. The molecule has 0 aliphatic heterocycles. The maximum atomic E-state index is 11.8. The molecule has 2 amide bonds. The Bertz CT molecular complexity index is 855. The van der Waals surface area contributed by atoms with Gasteiger partial charge in [0, 0.05) is 18.8 Å². The molecule has 0 radical (unpaired) electrons. The van der Waals surface area contributed by atoms with Crippen molar-refractivity contribution >= 4 is 11.8 Å². The van der Waals surface area contributed by atoms with Crippen molar-refractivity contribution in [3.05, 3.63) is 48.3 Å². The van der Waals surface area contributed by atoms with Crippen molar-refractivity contribution in [3.63, 3.8) is 0 Å². The van der Waals surface area contributed by atoms with E-state index < -0.39 is 11.8 Å². The van der Waals surface area contributed by atoms with Crippen molar-refractivity contribution in [3.8, 4) is 11.4 Å². The monoisotopic (exact) mass is 326 g/mol. The number of aryl methyl sites for hydroxylation is 1. The van der Waals surface area contributed by atoms with E-state index in [0.29, 0.717) is 11.4 Å².